The average molecular weight is 368 g/mol. The zero-order valence-corrected chi connectivity index (χ0v) is 15.1. The summed E-state index contributed by atoms with van der Waals surface area (Å²) < 4.78 is 31.4. The number of rotatable bonds is 4. The third-order valence-electron chi connectivity index (χ3n) is 4.29. The van der Waals surface area contributed by atoms with Gasteiger partial charge in [0.15, 0.2) is 0 Å². The topological polar surface area (TPSA) is 91.0 Å². The fourth-order valence-electron chi connectivity index (χ4n) is 3.08. The molecule has 2 heterocycles. The number of nitrogens with one attached hydrogen (secondary N) is 2. The molecule has 0 bridgehead atoms. The Morgan fingerprint density at radius 3 is 2.48 bits per heavy atom. The molecule has 9 heteroatoms. The smallest absolute Gasteiger partial charge is 0.254 e. The number of anilines is 2. The molecule has 25 heavy (non-hydrogen) atoms. The largest absolute Gasteiger partial charge is 0.378 e. The summed E-state index contributed by atoms with van der Waals surface area (Å²) in [5.74, 6) is -0.105. The van der Waals surface area contributed by atoms with Gasteiger partial charge in [0.1, 0.15) is 0 Å². The maximum absolute atomic E-state index is 12.7. The lowest BCUT2D eigenvalue weighted by molar-refractivity contribution is 0.0303. The Labute approximate surface area is 148 Å². The van der Waals surface area contributed by atoms with Gasteiger partial charge in [0.25, 0.3) is 5.91 Å². The number of amides is 1. The molecule has 3 rings (SSSR count). The molecule has 1 aromatic carbocycles. The van der Waals surface area contributed by atoms with Crippen molar-refractivity contribution in [3.63, 3.8) is 0 Å². The summed E-state index contributed by atoms with van der Waals surface area (Å²) in [6.45, 7) is 5.41. The van der Waals surface area contributed by atoms with Crippen LogP contribution in [-0.2, 0) is 14.8 Å². The molecule has 2 N–H and O–H groups in total. The van der Waals surface area contributed by atoms with Crippen LogP contribution >= 0.6 is 0 Å². The molecule has 0 saturated carbocycles. The van der Waals surface area contributed by atoms with E-state index in [1.807, 2.05) is 6.07 Å². The van der Waals surface area contributed by atoms with Crippen molar-refractivity contribution in [3.05, 3.63) is 23.8 Å². The van der Waals surface area contributed by atoms with Crippen LogP contribution in [0, 0.1) is 0 Å². The first-order valence-electron chi connectivity index (χ1n) is 8.38. The maximum Gasteiger partial charge on any atom is 0.254 e. The van der Waals surface area contributed by atoms with Crippen LogP contribution in [0.2, 0.25) is 0 Å². The summed E-state index contributed by atoms with van der Waals surface area (Å²) in [6, 6.07) is 5.23. The van der Waals surface area contributed by atoms with Crippen LogP contribution in [0.4, 0.5) is 11.4 Å². The Morgan fingerprint density at radius 2 is 1.84 bits per heavy atom. The van der Waals surface area contributed by atoms with E-state index in [1.54, 1.807) is 17.0 Å². The number of nitrogens with zero attached hydrogens (tertiary/aromatic N) is 2. The highest BCUT2D eigenvalue weighted by molar-refractivity contribution is 7.92. The highest BCUT2D eigenvalue weighted by Gasteiger charge is 2.22. The van der Waals surface area contributed by atoms with Crippen molar-refractivity contribution in [1.82, 2.24) is 10.2 Å². The van der Waals surface area contributed by atoms with Gasteiger partial charge in [-0.25, -0.2) is 8.42 Å². The molecule has 0 unspecified atom stereocenters. The number of carbonyl (C=O) groups excluding carboxylic acids is 1. The molecular weight excluding hydrogens is 344 g/mol. The van der Waals surface area contributed by atoms with Crippen LogP contribution in [0.3, 0.4) is 0 Å². The van der Waals surface area contributed by atoms with Crippen LogP contribution in [0.1, 0.15) is 10.4 Å². The quantitative estimate of drug-likeness (QED) is 0.774. The van der Waals surface area contributed by atoms with Crippen molar-refractivity contribution in [2.24, 2.45) is 0 Å². The second kappa shape index (κ2) is 7.59. The molecular formula is C16H24N4O4S. The molecule has 1 aromatic rings. The van der Waals surface area contributed by atoms with E-state index in [2.05, 4.69) is 14.9 Å². The highest BCUT2D eigenvalue weighted by Crippen LogP contribution is 2.29. The van der Waals surface area contributed by atoms with E-state index in [-0.39, 0.29) is 5.91 Å². The number of morpholine rings is 1. The van der Waals surface area contributed by atoms with Gasteiger partial charge in [0.2, 0.25) is 10.0 Å². The van der Waals surface area contributed by atoms with Gasteiger partial charge in [0.05, 0.1) is 30.8 Å². The molecule has 2 saturated heterocycles. The monoisotopic (exact) mass is 368 g/mol. The molecule has 0 spiro atoms. The number of piperazine rings is 1. The molecule has 8 nitrogen and oxygen atoms in total. The van der Waals surface area contributed by atoms with E-state index in [0.29, 0.717) is 37.6 Å². The Hall–Kier alpha value is -1.84. The fraction of sp³-hybridized carbons (Fsp3) is 0.562. The maximum atomic E-state index is 12.7. The minimum atomic E-state index is -3.44. The number of carbonyl (C=O) groups is 1. The normalized spacial score (nSPS) is 18.9. The van der Waals surface area contributed by atoms with Crippen LogP contribution in [-0.4, -0.2) is 78.0 Å². The van der Waals surface area contributed by atoms with Gasteiger partial charge in [-0.2, -0.15) is 0 Å². The molecule has 2 aliphatic heterocycles. The molecule has 0 radical (unpaired) electrons. The predicted octanol–water partition coefficient (Wildman–Crippen LogP) is -0.0599. The van der Waals surface area contributed by atoms with Gasteiger partial charge in [-0.3, -0.25) is 9.52 Å². The predicted molar refractivity (Wildman–Crippen MR) is 96.7 cm³/mol. The van der Waals surface area contributed by atoms with Gasteiger partial charge in [0, 0.05) is 44.8 Å². The Bertz CT molecular complexity index is 726. The first-order chi connectivity index (χ1) is 11.9. The van der Waals surface area contributed by atoms with Crippen LogP contribution in [0.25, 0.3) is 0 Å². The van der Waals surface area contributed by atoms with E-state index in [4.69, 9.17) is 4.74 Å². The van der Waals surface area contributed by atoms with Crippen LogP contribution in [0.15, 0.2) is 18.2 Å². The SMILES string of the molecule is CS(=O)(=O)Nc1cc(C(=O)N2CCOCC2)ccc1N1CCNCC1. The average Bonchev–Trinajstić information content (AvgIpc) is 2.61. The standard InChI is InChI=1S/C16H24N4O4S/c1-25(22,23)18-14-12-13(16(21)20-8-10-24-11-9-20)2-3-15(14)19-6-4-17-5-7-19/h2-3,12,17-18H,4-11H2,1H3. The van der Waals surface area contributed by atoms with Gasteiger partial charge >= 0.3 is 0 Å². The van der Waals surface area contributed by atoms with Crippen molar-refractivity contribution < 1.29 is 17.9 Å². The summed E-state index contributed by atoms with van der Waals surface area (Å²) in [4.78, 5) is 16.5. The van der Waals surface area contributed by atoms with Gasteiger partial charge < -0.3 is 19.9 Å². The van der Waals surface area contributed by atoms with Gasteiger partial charge in [-0.15, -0.1) is 0 Å². The summed E-state index contributed by atoms with van der Waals surface area (Å²) in [7, 11) is -3.44. The van der Waals surface area contributed by atoms with Crippen molar-refractivity contribution in [3.8, 4) is 0 Å². The number of hydrogen-bond donors (Lipinski definition) is 2. The van der Waals surface area contributed by atoms with Crippen molar-refractivity contribution in [2.45, 2.75) is 0 Å². The van der Waals surface area contributed by atoms with Crippen molar-refractivity contribution in [1.29, 1.82) is 0 Å². The molecule has 1 amide bonds. The molecule has 0 aromatic heterocycles. The first kappa shape index (κ1) is 18.0. The summed E-state index contributed by atoms with van der Waals surface area (Å²) >= 11 is 0. The number of benzene rings is 1. The molecule has 0 atom stereocenters. The van der Waals surface area contributed by atoms with Crippen molar-refractivity contribution >= 4 is 27.3 Å². The number of hydrogen-bond acceptors (Lipinski definition) is 6. The minimum Gasteiger partial charge on any atom is -0.378 e. The zero-order valence-electron chi connectivity index (χ0n) is 14.3. The zero-order chi connectivity index (χ0) is 17.9. The number of ether oxygens (including phenoxy) is 1. The van der Waals surface area contributed by atoms with E-state index in [0.717, 1.165) is 38.1 Å². The van der Waals surface area contributed by atoms with E-state index in [1.165, 1.54) is 0 Å². The van der Waals surface area contributed by atoms with Gasteiger partial charge in [-0.1, -0.05) is 0 Å². The van der Waals surface area contributed by atoms with E-state index >= 15 is 0 Å². The van der Waals surface area contributed by atoms with Crippen LogP contribution in [0.5, 0.6) is 0 Å². The Balaban J connectivity index is 1.90. The van der Waals surface area contributed by atoms with Crippen molar-refractivity contribution in [2.75, 3.05) is 68.4 Å². The molecule has 2 aliphatic rings. The summed E-state index contributed by atoms with van der Waals surface area (Å²) in [5.41, 5.74) is 1.72. The lowest BCUT2D eigenvalue weighted by Crippen LogP contribution is -2.44. The highest BCUT2D eigenvalue weighted by atomic mass is 32.2. The Kier molecular flexibility index (Phi) is 5.45. The first-order valence-corrected chi connectivity index (χ1v) is 10.3. The summed E-state index contributed by atoms with van der Waals surface area (Å²) in [6.07, 6.45) is 1.12. The van der Waals surface area contributed by atoms with Gasteiger partial charge in [-0.05, 0) is 18.2 Å². The second-order valence-electron chi connectivity index (χ2n) is 6.25. The third-order valence-corrected chi connectivity index (χ3v) is 4.89. The Morgan fingerprint density at radius 1 is 1.16 bits per heavy atom. The summed E-state index contributed by atoms with van der Waals surface area (Å²) in [5, 5.41) is 3.27. The molecule has 0 aliphatic carbocycles. The fourth-order valence-corrected chi connectivity index (χ4v) is 3.64. The minimum absolute atomic E-state index is 0.105. The number of sulfonamides is 1. The molecule has 2 fully saturated rings. The third kappa shape index (κ3) is 4.62. The van der Waals surface area contributed by atoms with E-state index < -0.39 is 10.0 Å². The second-order valence-corrected chi connectivity index (χ2v) is 8.00. The lowest BCUT2D eigenvalue weighted by Gasteiger charge is -2.32. The van der Waals surface area contributed by atoms with E-state index in [9.17, 15) is 13.2 Å². The molecule has 138 valence electrons. The lowest BCUT2D eigenvalue weighted by atomic mass is 10.1. The van der Waals surface area contributed by atoms with Crippen LogP contribution < -0.4 is 14.9 Å².